The number of hydrogen-bond donors (Lipinski definition) is 6. The SMILES string of the molecule is COc1cc(CCC(=O)C(O)C(=O)CCCC2CCCC(CCCO)C2)cc(C2c3ccnc(N)c3C=CC2(CO)Cc2ccc[nH]2)c1O. The second-order valence-corrected chi connectivity index (χ2v) is 14.0. The van der Waals surface area contributed by atoms with Gasteiger partial charge in [0.15, 0.2) is 29.2 Å². The van der Waals surface area contributed by atoms with Crippen LogP contribution >= 0.6 is 0 Å². The molecule has 264 valence electrons. The maximum Gasteiger partial charge on any atom is 0.170 e. The topological polar surface area (TPSA) is 179 Å². The molecule has 0 aliphatic heterocycles. The number of nitrogens with zero attached hydrogens (tertiary/aromatic N) is 1. The van der Waals surface area contributed by atoms with Crippen LogP contribution in [0.4, 0.5) is 5.82 Å². The van der Waals surface area contributed by atoms with Crippen LogP contribution < -0.4 is 10.5 Å². The molecule has 5 unspecified atom stereocenters. The Hall–Kier alpha value is -3.99. The van der Waals surface area contributed by atoms with Gasteiger partial charge in [0.05, 0.1) is 13.7 Å². The number of aromatic hydroxyl groups is 1. The summed E-state index contributed by atoms with van der Waals surface area (Å²) in [6, 6.07) is 9.14. The Bertz CT molecular complexity index is 1600. The molecule has 2 aliphatic carbocycles. The molecule has 2 aliphatic rings. The van der Waals surface area contributed by atoms with Crippen LogP contribution in [-0.2, 0) is 22.4 Å². The van der Waals surface area contributed by atoms with Crippen LogP contribution in [0.5, 0.6) is 11.5 Å². The lowest BCUT2D eigenvalue weighted by Gasteiger charge is -2.41. The maximum atomic E-state index is 13.1. The highest BCUT2D eigenvalue weighted by atomic mass is 16.5. The molecule has 0 radical (unpaired) electrons. The summed E-state index contributed by atoms with van der Waals surface area (Å²) < 4.78 is 5.58. The largest absolute Gasteiger partial charge is 0.504 e. The van der Waals surface area contributed by atoms with E-state index in [1.807, 2.05) is 36.5 Å². The van der Waals surface area contributed by atoms with E-state index in [1.165, 1.54) is 20.0 Å². The van der Waals surface area contributed by atoms with E-state index in [1.54, 1.807) is 18.3 Å². The Balaban J connectivity index is 1.30. The number of ether oxygens (including phenoxy) is 1. The first-order valence-electron chi connectivity index (χ1n) is 17.6. The number of aromatic nitrogens is 2. The molecular weight excluding hydrogens is 622 g/mol. The quantitative estimate of drug-likeness (QED) is 0.104. The zero-order valence-corrected chi connectivity index (χ0v) is 28.4. The van der Waals surface area contributed by atoms with Crippen molar-refractivity contribution in [2.24, 2.45) is 17.3 Å². The van der Waals surface area contributed by atoms with E-state index in [2.05, 4.69) is 9.97 Å². The number of carbonyl (C=O) groups is 2. The van der Waals surface area contributed by atoms with Crippen molar-refractivity contribution in [3.05, 3.63) is 76.7 Å². The van der Waals surface area contributed by atoms with Gasteiger partial charge in [-0.15, -0.1) is 0 Å². The molecule has 3 aromatic rings. The van der Waals surface area contributed by atoms with Gasteiger partial charge in [-0.1, -0.05) is 43.9 Å². The maximum absolute atomic E-state index is 13.1. The van der Waals surface area contributed by atoms with Crippen LogP contribution in [0.15, 0.2) is 48.8 Å². The lowest BCUT2D eigenvalue weighted by molar-refractivity contribution is -0.138. The molecule has 10 heteroatoms. The number of aliphatic hydroxyl groups excluding tert-OH is 3. The van der Waals surface area contributed by atoms with Crippen molar-refractivity contribution in [1.82, 2.24) is 9.97 Å². The number of fused-ring (bicyclic) bond motifs is 1. The number of phenols is 1. The summed E-state index contributed by atoms with van der Waals surface area (Å²) >= 11 is 0. The molecule has 1 saturated carbocycles. The number of carbonyl (C=O) groups excluding carboxylic acids is 2. The Morgan fingerprint density at radius 1 is 1.08 bits per heavy atom. The van der Waals surface area contributed by atoms with Crippen molar-refractivity contribution < 1.29 is 34.8 Å². The Labute approximate surface area is 288 Å². The monoisotopic (exact) mass is 673 g/mol. The fourth-order valence-corrected chi connectivity index (χ4v) is 8.06. The van der Waals surface area contributed by atoms with E-state index in [4.69, 9.17) is 15.6 Å². The number of benzene rings is 1. The van der Waals surface area contributed by atoms with Crippen LogP contribution in [0.25, 0.3) is 6.08 Å². The molecule has 2 aromatic heterocycles. The first-order valence-corrected chi connectivity index (χ1v) is 17.6. The highest BCUT2D eigenvalue weighted by Crippen LogP contribution is 2.53. The number of hydrogen-bond acceptors (Lipinski definition) is 9. The van der Waals surface area contributed by atoms with Crippen molar-refractivity contribution in [3.63, 3.8) is 0 Å². The van der Waals surface area contributed by atoms with Crippen LogP contribution in [-0.4, -0.2) is 68.4 Å². The molecule has 5 rings (SSSR count). The second-order valence-electron chi connectivity index (χ2n) is 14.0. The van der Waals surface area contributed by atoms with Gasteiger partial charge in [-0.25, -0.2) is 4.98 Å². The van der Waals surface area contributed by atoms with E-state index in [0.29, 0.717) is 47.2 Å². The van der Waals surface area contributed by atoms with Gasteiger partial charge in [0, 0.05) is 60.0 Å². The summed E-state index contributed by atoms with van der Waals surface area (Å²) in [6.07, 6.45) is 14.3. The molecule has 0 amide bonds. The standard InChI is InChI=1S/C39H51N3O7/c1-49-34-22-27(12-13-33(46)37(48)32(45)11-3-8-25-6-2-7-26(20-25)9-5-19-43)21-31(36(34)47)35-29-15-18-42-38(40)30(29)14-16-39(35,24-44)23-28-10-4-17-41-28/h4,10,14-18,21-22,25-26,35,37,41,43-44,47-48H,2-3,5-9,11-13,19-20,23-24H2,1H3,(H2,40,42). The molecule has 7 N–H and O–H groups in total. The third-order valence-corrected chi connectivity index (χ3v) is 10.7. The van der Waals surface area contributed by atoms with Crippen molar-refractivity contribution >= 4 is 23.5 Å². The highest BCUT2D eigenvalue weighted by molar-refractivity contribution is 6.05. The molecule has 0 bridgehead atoms. The van der Waals surface area contributed by atoms with Crippen molar-refractivity contribution in [2.45, 2.75) is 89.1 Å². The number of nitrogen functional groups attached to an aromatic ring is 1. The number of ketones is 2. The second kappa shape index (κ2) is 16.6. The Morgan fingerprint density at radius 2 is 1.84 bits per heavy atom. The number of nitrogens with two attached hydrogens (primary N) is 1. The van der Waals surface area contributed by atoms with E-state index < -0.39 is 29.0 Å². The predicted octanol–water partition coefficient (Wildman–Crippen LogP) is 5.27. The Kier molecular flexibility index (Phi) is 12.3. The number of aromatic amines is 1. The fourth-order valence-electron chi connectivity index (χ4n) is 8.06. The summed E-state index contributed by atoms with van der Waals surface area (Å²) in [7, 11) is 1.45. The lowest BCUT2D eigenvalue weighted by atomic mass is 9.63. The summed E-state index contributed by atoms with van der Waals surface area (Å²) in [4.78, 5) is 33.4. The number of methoxy groups -OCH3 is 1. The number of nitrogens with one attached hydrogen (secondary N) is 1. The highest BCUT2D eigenvalue weighted by Gasteiger charge is 2.44. The van der Waals surface area contributed by atoms with E-state index >= 15 is 0 Å². The van der Waals surface area contributed by atoms with Crippen molar-refractivity contribution in [3.8, 4) is 11.5 Å². The average Bonchev–Trinajstić information content (AvgIpc) is 3.63. The van der Waals surface area contributed by atoms with Gasteiger partial charge in [-0.3, -0.25) is 9.59 Å². The smallest absolute Gasteiger partial charge is 0.170 e. The lowest BCUT2D eigenvalue weighted by Crippen LogP contribution is -2.36. The van der Waals surface area contributed by atoms with Crippen LogP contribution in [0, 0.1) is 17.3 Å². The molecule has 1 fully saturated rings. The van der Waals surface area contributed by atoms with Crippen molar-refractivity contribution in [1.29, 1.82) is 0 Å². The number of phenolic OH excluding ortho intramolecular Hbond substituents is 1. The number of Topliss-reactive ketones (excluding diaryl/α,β-unsaturated/α-hetero) is 2. The molecule has 0 saturated heterocycles. The van der Waals surface area contributed by atoms with Gasteiger partial charge in [0.1, 0.15) is 5.82 Å². The van der Waals surface area contributed by atoms with E-state index in [0.717, 1.165) is 43.4 Å². The van der Waals surface area contributed by atoms with E-state index in [-0.39, 0.29) is 44.0 Å². The molecular formula is C39H51N3O7. The number of rotatable bonds is 17. The predicted molar refractivity (Wildman–Crippen MR) is 188 cm³/mol. The minimum absolute atomic E-state index is 0.0684. The summed E-state index contributed by atoms with van der Waals surface area (Å²) in [5.74, 6) is 0.0842. The molecule has 1 aromatic carbocycles. The number of aliphatic hydroxyl groups is 3. The first-order chi connectivity index (χ1) is 23.7. The van der Waals surface area contributed by atoms with Gasteiger partial charge in [0.25, 0.3) is 0 Å². The third kappa shape index (κ3) is 8.43. The molecule has 10 nitrogen and oxygen atoms in total. The van der Waals surface area contributed by atoms with Gasteiger partial charge < -0.3 is 35.9 Å². The van der Waals surface area contributed by atoms with Gasteiger partial charge in [0.2, 0.25) is 0 Å². The number of pyridine rings is 1. The number of anilines is 1. The first kappa shape index (κ1) is 36.3. The molecule has 2 heterocycles. The summed E-state index contributed by atoms with van der Waals surface area (Å²) in [5, 5.41) is 42.3. The van der Waals surface area contributed by atoms with Gasteiger partial charge in [-0.2, -0.15) is 0 Å². The zero-order chi connectivity index (χ0) is 35.0. The average molecular weight is 674 g/mol. The minimum Gasteiger partial charge on any atom is -0.504 e. The summed E-state index contributed by atoms with van der Waals surface area (Å²) in [5.41, 5.74) is 8.98. The fraction of sp³-hybridized carbons (Fsp3) is 0.513. The molecule has 0 spiro atoms. The van der Waals surface area contributed by atoms with E-state index in [9.17, 15) is 24.9 Å². The van der Waals surface area contributed by atoms with Gasteiger partial charge >= 0.3 is 0 Å². The molecule has 5 atom stereocenters. The zero-order valence-electron chi connectivity index (χ0n) is 28.4. The minimum atomic E-state index is -1.67. The van der Waals surface area contributed by atoms with Crippen molar-refractivity contribution in [2.75, 3.05) is 26.1 Å². The van der Waals surface area contributed by atoms with Gasteiger partial charge in [-0.05, 0) is 85.8 Å². The number of H-pyrrole nitrogens is 1. The van der Waals surface area contributed by atoms with Crippen LogP contribution in [0.3, 0.4) is 0 Å². The normalized spacial score (nSPS) is 22.4. The Morgan fingerprint density at radius 3 is 2.53 bits per heavy atom. The third-order valence-electron chi connectivity index (χ3n) is 10.7. The van der Waals surface area contributed by atoms with Crippen LogP contribution in [0.2, 0.25) is 0 Å². The summed E-state index contributed by atoms with van der Waals surface area (Å²) in [6.45, 7) is -0.0131. The van der Waals surface area contributed by atoms with Crippen LogP contribution in [0.1, 0.15) is 98.1 Å². The number of aryl methyl sites for hydroxylation is 1. The molecule has 49 heavy (non-hydrogen) atoms.